The minimum absolute atomic E-state index is 0.0233. The maximum Gasteiger partial charge on any atom is 0.410 e. The highest BCUT2D eigenvalue weighted by molar-refractivity contribution is 5.75. The molecule has 4 fully saturated rings. The van der Waals surface area contributed by atoms with Crippen molar-refractivity contribution in [2.24, 2.45) is 13.0 Å². The normalized spacial score (nSPS) is 15.0. The summed E-state index contributed by atoms with van der Waals surface area (Å²) < 4.78 is 113. The first-order valence-corrected chi connectivity index (χ1v) is 42.0. The van der Waals surface area contributed by atoms with Gasteiger partial charge in [0.25, 0.3) is 0 Å². The molecule has 28 nitrogen and oxygen atoms in total. The van der Waals surface area contributed by atoms with E-state index in [2.05, 4.69) is 72.9 Å². The second kappa shape index (κ2) is 38.5. The number of imidazole rings is 4. The molecule has 4 aliphatic heterocycles. The Hall–Kier alpha value is -14.2. The summed E-state index contributed by atoms with van der Waals surface area (Å²) in [6.07, 6.45) is 25.9. The lowest BCUT2D eigenvalue weighted by Crippen LogP contribution is -2.44. The van der Waals surface area contributed by atoms with Gasteiger partial charge >= 0.3 is 31.7 Å². The molecule has 34 heteroatoms. The quantitative estimate of drug-likeness (QED) is 0.0597. The van der Waals surface area contributed by atoms with Crippen molar-refractivity contribution in [1.29, 1.82) is 0 Å². The van der Waals surface area contributed by atoms with Crippen LogP contribution in [0.1, 0.15) is 116 Å². The number of benzene rings is 3. The van der Waals surface area contributed by atoms with Crippen LogP contribution in [0.3, 0.4) is 0 Å². The summed E-state index contributed by atoms with van der Waals surface area (Å²) in [7, 11) is 1.87. The number of amides is 2. The molecule has 4 saturated heterocycles. The molecular formula is C93H94F6N20O8. The maximum atomic E-state index is 12.9. The van der Waals surface area contributed by atoms with E-state index in [-0.39, 0.29) is 42.7 Å². The average molecular weight is 1730 g/mol. The molecule has 0 spiro atoms. The summed E-state index contributed by atoms with van der Waals surface area (Å²) in [4.78, 5) is 58.8. The lowest BCUT2D eigenvalue weighted by molar-refractivity contribution is -0.138. The number of ether oxygens (including phenoxy) is 4. The zero-order chi connectivity index (χ0) is 88.4. The van der Waals surface area contributed by atoms with E-state index in [9.17, 15) is 40.7 Å². The van der Waals surface area contributed by atoms with Crippen LogP contribution in [0.25, 0.3) is 89.7 Å². The third-order valence-electron chi connectivity index (χ3n) is 22.5. The number of nitrogens with one attached hydrogen (secondary N) is 1. The Morgan fingerprint density at radius 2 is 0.827 bits per heavy atom. The van der Waals surface area contributed by atoms with E-state index in [1.165, 1.54) is 37.2 Å². The maximum absolute atomic E-state index is 12.9. The number of nitrogens with zero attached hydrogens (tertiary/aromatic N) is 19. The fraction of sp³-hybridized carbons (Fsp3) is 0.323. The van der Waals surface area contributed by atoms with Crippen molar-refractivity contribution in [3.8, 4) is 96.6 Å². The highest BCUT2D eigenvalue weighted by atomic mass is 19.3. The molecular weight excluding hydrogens is 1640 g/mol. The van der Waals surface area contributed by atoms with Gasteiger partial charge in [0.1, 0.15) is 58.0 Å². The Morgan fingerprint density at radius 3 is 1.20 bits per heavy atom. The summed E-state index contributed by atoms with van der Waals surface area (Å²) in [6.45, 7) is 5.30. The molecule has 2 amide bonds. The van der Waals surface area contributed by atoms with Crippen molar-refractivity contribution in [3.05, 3.63) is 231 Å². The van der Waals surface area contributed by atoms with Crippen LogP contribution in [0.2, 0.25) is 0 Å². The largest absolute Gasteiger partial charge is 0.481 e. The number of carboxylic acids is 1. The van der Waals surface area contributed by atoms with Crippen molar-refractivity contribution < 1.29 is 64.8 Å². The average Bonchev–Trinajstić information content (AvgIpc) is 1.65. The molecule has 2 N–H and O–H groups in total. The van der Waals surface area contributed by atoms with Gasteiger partial charge in [-0.3, -0.25) is 31.9 Å². The number of carbonyl (C=O) groups excluding carboxylic acids is 2. The fourth-order valence-corrected chi connectivity index (χ4v) is 16.0. The number of pyridine rings is 4. The lowest BCUT2D eigenvalue weighted by atomic mass is 9.93. The van der Waals surface area contributed by atoms with Crippen molar-refractivity contribution >= 4 is 46.4 Å². The molecule has 15 aromatic rings. The highest BCUT2D eigenvalue weighted by Gasteiger charge is 2.31. The molecule has 19 rings (SSSR count). The zero-order valence-corrected chi connectivity index (χ0v) is 70.4. The number of aliphatic carboxylic acids is 1. The number of likely N-dealkylation sites (tertiary alicyclic amines) is 2. The predicted molar refractivity (Wildman–Crippen MR) is 465 cm³/mol. The number of rotatable bonds is 18. The third-order valence-corrected chi connectivity index (χ3v) is 22.5. The summed E-state index contributed by atoms with van der Waals surface area (Å²) >= 11 is 0. The zero-order valence-electron chi connectivity index (χ0n) is 70.4. The van der Waals surface area contributed by atoms with E-state index in [1.807, 2.05) is 198 Å². The smallest absolute Gasteiger partial charge is 0.410 e. The number of fused-ring (bicyclic) bond motifs is 4. The van der Waals surface area contributed by atoms with Gasteiger partial charge in [0.05, 0.1) is 72.2 Å². The Labute approximate surface area is 726 Å². The minimum atomic E-state index is -2.67. The van der Waals surface area contributed by atoms with Gasteiger partial charge in [-0.2, -0.15) is 46.7 Å². The number of aryl methyl sites for hydroxylation is 1. The van der Waals surface area contributed by atoms with E-state index in [4.69, 9.17) is 24.1 Å². The topological polar surface area (TPSA) is 271 Å². The Bertz CT molecular complexity index is 6360. The molecule has 0 unspecified atom stereocenters. The first-order valence-electron chi connectivity index (χ1n) is 42.0. The number of hydrogen-bond acceptors (Lipinski definition) is 17. The van der Waals surface area contributed by atoms with Gasteiger partial charge in [-0.15, -0.1) is 0 Å². The second-order valence-corrected chi connectivity index (χ2v) is 32.4. The predicted octanol–water partition coefficient (Wildman–Crippen LogP) is 17.2. The Morgan fingerprint density at radius 1 is 0.441 bits per heavy atom. The van der Waals surface area contributed by atoms with E-state index in [1.54, 1.807) is 41.3 Å². The fourth-order valence-electron chi connectivity index (χ4n) is 16.0. The van der Waals surface area contributed by atoms with Crippen LogP contribution in [-0.4, -0.2) is 186 Å². The van der Waals surface area contributed by atoms with Crippen LogP contribution in [0.5, 0.6) is 17.6 Å². The van der Waals surface area contributed by atoms with Gasteiger partial charge in [-0.25, -0.2) is 38.8 Å². The first-order chi connectivity index (χ1) is 61.5. The SMILES string of the molecule is CC(=O)N1CCC(Oc2cccc3ncc(-c4ccc(-c5cnn(C(F)F)c5)cc4)n23)CC1.CC(C)(C)OC(=O)N1CCC(Oc2cccc3ncc(-c4ccc(-c5cnn(C(F)F)c5)cc4)n23)CC1.Cn1cc(C#Cc2cnc3cccc(N4CCC(CC(=O)O)CC4)n23)cn1.FC(F)n1cc(-c2ccc(-c3cnc4cccc(OC5CCNCC5)n34)cc2)cn1. The molecule has 0 atom stereocenters. The van der Waals surface area contributed by atoms with Gasteiger partial charge in [0, 0.05) is 144 Å². The van der Waals surface area contributed by atoms with E-state index in [0.29, 0.717) is 81.5 Å². The van der Waals surface area contributed by atoms with Gasteiger partial charge in [0.15, 0.2) is 17.6 Å². The number of hydrogen-bond donors (Lipinski definition) is 2. The molecule has 0 bridgehead atoms. The van der Waals surface area contributed by atoms with Crippen LogP contribution in [0.4, 0.5) is 37.0 Å². The number of aromatic nitrogens is 16. The Balaban J connectivity index is 0.000000125. The minimum Gasteiger partial charge on any atom is -0.481 e. The van der Waals surface area contributed by atoms with E-state index < -0.39 is 31.2 Å². The van der Waals surface area contributed by atoms with Gasteiger partial charge in [-0.1, -0.05) is 103 Å². The monoisotopic (exact) mass is 1730 g/mol. The van der Waals surface area contributed by atoms with Crippen molar-refractivity contribution in [2.75, 3.05) is 57.3 Å². The van der Waals surface area contributed by atoms with Crippen LogP contribution in [-0.2, 0) is 21.4 Å². The number of alkyl halides is 6. The molecule has 3 aromatic carbocycles. The molecule has 12 aromatic heterocycles. The molecule has 4 aliphatic rings. The lowest BCUT2D eigenvalue weighted by Gasteiger charge is -2.33. The van der Waals surface area contributed by atoms with E-state index in [0.717, 1.165) is 161 Å². The van der Waals surface area contributed by atoms with Gasteiger partial charge < -0.3 is 44.1 Å². The standard InChI is InChI=1S/C27H29F2N5O3.C24H23F2N5O2.C22H21F2N5O.C20H21N5O2/c1-27(2,3)37-26(35)32-13-11-21(12-14-32)36-24-6-4-5-23-30-16-22(34(23)24)19-9-7-18(8-10-19)20-15-31-33(17-20)25(28)29;1-16(32)29-11-9-20(10-12-29)33-23-4-2-3-22-27-14-21(31(22)23)18-7-5-17(6-8-18)19-13-28-30(15-19)24(25)26;23-22(24)28-14-17(12-27-28)15-4-6-16(7-5-15)19-13-26-20-2-1-3-21(29(19)20)30-18-8-10-25-11-9-18;1-23-14-16(12-22-23)5-6-17-13-21-18-3-2-4-19(25(17)18)24-9-7-15(8-10-24)11-20(26)27/h4-10,15-17,21,25H,11-14H2,1-3H3;2-8,13-15,20,24H,9-12H2,1H3;1-7,12-14,18,22,25H,8-11H2;2-4,12-15H,7-11H2,1H3,(H,26,27). The van der Waals surface area contributed by atoms with Gasteiger partial charge in [-0.05, 0) is 137 Å². The van der Waals surface area contributed by atoms with Crippen molar-refractivity contribution in [1.82, 2.24) is 91.8 Å². The third kappa shape index (κ3) is 20.6. The summed E-state index contributed by atoms with van der Waals surface area (Å²) in [5.41, 5.74) is 14.1. The van der Waals surface area contributed by atoms with Crippen LogP contribution < -0.4 is 24.4 Å². The first kappa shape index (κ1) is 86.3. The number of halogens is 6. The number of carboxylic acid groups (broad SMARTS) is 1. The number of anilines is 1. The molecule has 0 aliphatic carbocycles. The number of piperidine rings is 4. The van der Waals surface area contributed by atoms with Crippen LogP contribution in [0, 0.1) is 17.8 Å². The highest BCUT2D eigenvalue weighted by Crippen LogP contribution is 2.36. The molecule has 16 heterocycles. The summed E-state index contributed by atoms with van der Waals surface area (Å²) in [5, 5.41) is 27.6. The van der Waals surface area contributed by atoms with E-state index >= 15 is 0 Å². The summed E-state index contributed by atoms with van der Waals surface area (Å²) in [6, 6.07) is 46.3. The Kier molecular flexibility index (Phi) is 26.2. The van der Waals surface area contributed by atoms with Gasteiger partial charge in [0.2, 0.25) is 5.91 Å². The summed E-state index contributed by atoms with van der Waals surface area (Å²) in [5.74, 6) is 9.18. The molecule has 0 saturated carbocycles. The molecule has 127 heavy (non-hydrogen) atoms. The second-order valence-electron chi connectivity index (χ2n) is 32.4. The van der Waals surface area contributed by atoms with Crippen molar-refractivity contribution in [2.45, 2.75) is 129 Å². The van der Waals surface area contributed by atoms with Crippen LogP contribution in [0.15, 0.2) is 220 Å². The van der Waals surface area contributed by atoms with Crippen molar-refractivity contribution in [3.63, 3.8) is 0 Å². The van der Waals surface area contributed by atoms with Crippen LogP contribution >= 0.6 is 0 Å². The number of carbonyl (C=O) groups is 3. The molecule has 656 valence electrons. The molecule has 0 radical (unpaired) electrons.